The van der Waals surface area contributed by atoms with Gasteiger partial charge in [0, 0.05) is 11.8 Å². The van der Waals surface area contributed by atoms with Crippen LogP contribution in [-0.4, -0.2) is 33.9 Å². The number of aliphatic hydroxyl groups excluding tert-OH is 2. The number of pyridine rings is 1. The van der Waals surface area contributed by atoms with Gasteiger partial charge in [0.15, 0.2) is 6.10 Å². The van der Waals surface area contributed by atoms with E-state index >= 15 is 0 Å². The van der Waals surface area contributed by atoms with Gasteiger partial charge in [0.1, 0.15) is 11.3 Å². The van der Waals surface area contributed by atoms with Gasteiger partial charge in [-0.1, -0.05) is 17.7 Å². The van der Waals surface area contributed by atoms with Crippen molar-refractivity contribution in [2.24, 2.45) is 0 Å². The van der Waals surface area contributed by atoms with E-state index < -0.39 is 18.2 Å². The minimum absolute atomic E-state index is 0.140. The zero-order valence-electron chi connectivity index (χ0n) is 8.63. The predicted octanol–water partition coefficient (Wildman–Crippen LogP) is 0.692. The number of hydrogen-bond donors (Lipinski definition) is 2. The van der Waals surface area contributed by atoms with Gasteiger partial charge in [-0.2, -0.15) is 0 Å². The molecule has 1 heterocycles. The summed E-state index contributed by atoms with van der Waals surface area (Å²) >= 11 is 5.56. The van der Waals surface area contributed by atoms with Crippen molar-refractivity contribution in [3.05, 3.63) is 29.0 Å². The van der Waals surface area contributed by atoms with Crippen LogP contribution in [0.3, 0.4) is 0 Å². The van der Waals surface area contributed by atoms with E-state index in [-0.39, 0.29) is 11.8 Å². The number of esters is 1. The standard InChI is InChI=1S/C10H12ClNO4/c1-2-16-10(15)9(14)8(13)6-3-4-7(11)12-5-6/h3-5,8-9,13-14H,2H2,1H3. The molecule has 0 aromatic carbocycles. The third-order valence-electron chi connectivity index (χ3n) is 1.92. The summed E-state index contributed by atoms with van der Waals surface area (Å²) in [5.41, 5.74) is 0.296. The summed E-state index contributed by atoms with van der Waals surface area (Å²) in [4.78, 5) is 14.9. The van der Waals surface area contributed by atoms with Crippen molar-refractivity contribution in [2.45, 2.75) is 19.1 Å². The van der Waals surface area contributed by atoms with E-state index in [4.69, 9.17) is 11.6 Å². The molecule has 2 unspecified atom stereocenters. The van der Waals surface area contributed by atoms with Crippen LogP contribution in [0.5, 0.6) is 0 Å². The van der Waals surface area contributed by atoms with Gasteiger partial charge >= 0.3 is 5.97 Å². The average Bonchev–Trinajstić information content (AvgIpc) is 2.28. The number of rotatable bonds is 4. The first-order valence-corrected chi connectivity index (χ1v) is 5.08. The van der Waals surface area contributed by atoms with Crippen LogP contribution in [0.15, 0.2) is 18.3 Å². The number of carbonyl (C=O) groups excluding carboxylic acids is 1. The highest BCUT2D eigenvalue weighted by Gasteiger charge is 2.26. The van der Waals surface area contributed by atoms with Gasteiger partial charge in [-0.3, -0.25) is 0 Å². The van der Waals surface area contributed by atoms with Crippen LogP contribution in [0.2, 0.25) is 5.15 Å². The van der Waals surface area contributed by atoms with Crippen LogP contribution in [0, 0.1) is 0 Å². The molecular weight excluding hydrogens is 234 g/mol. The molecule has 16 heavy (non-hydrogen) atoms. The maximum absolute atomic E-state index is 11.1. The molecule has 0 saturated heterocycles. The molecule has 2 atom stereocenters. The minimum atomic E-state index is -1.62. The Kier molecular flexibility index (Phi) is 4.67. The molecule has 0 radical (unpaired) electrons. The van der Waals surface area contributed by atoms with E-state index in [9.17, 15) is 15.0 Å². The second-order valence-electron chi connectivity index (χ2n) is 3.06. The zero-order valence-corrected chi connectivity index (χ0v) is 9.39. The van der Waals surface area contributed by atoms with Gasteiger partial charge < -0.3 is 14.9 Å². The summed E-state index contributed by atoms with van der Waals surface area (Å²) in [5, 5.41) is 19.4. The number of ether oxygens (including phenoxy) is 1. The fourth-order valence-electron chi connectivity index (χ4n) is 1.10. The average molecular weight is 246 g/mol. The quantitative estimate of drug-likeness (QED) is 0.603. The summed E-state index contributed by atoms with van der Waals surface area (Å²) in [6.07, 6.45) is -1.71. The fourth-order valence-corrected chi connectivity index (χ4v) is 1.21. The third kappa shape index (κ3) is 3.16. The number of hydrogen-bond acceptors (Lipinski definition) is 5. The van der Waals surface area contributed by atoms with E-state index in [2.05, 4.69) is 9.72 Å². The molecule has 88 valence electrons. The first kappa shape index (κ1) is 12.9. The molecule has 0 aliphatic rings. The molecule has 1 aromatic heterocycles. The Balaban J connectivity index is 2.73. The molecule has 0 aliphatic heterocycles. The largest absolute Gasteiger partial charge is 0.464 e. The van der Waals surface area contributed by atoms with Crippen molar-refractivity contribution in [3.63, 3.8) is 0 Å². The first-order valence-electron chi connectivity index (χ1n) is 4.70. The first-order chi connectivity index (χ1) is 7.56. The van der Waals surface area contributed by atoms with Crippen molar-refractivity contribution in [3.8, 4) is 0 Å². The Bertz CT molecular complexity index is 354. The maximum Gasteiger partial charge on any atom is 0.338 e. The van der Waals surface area contributed by atoms with Gasteiger partial charge in [-0.05, 0) is 13.0 Å². The Hall–Kier alpha value is -1.17. The zero-order chi connectivity index (χ0) is 12.1. The lowest BCUT2D eigenvalue weighted by molar-refractivity contribution is -0.159. The SMILES string of the molecule is CCOC(=O)C(O)C(O)c1ccc(Cl)nc1. The Morgan fingerprint density at radius 3 is 2.75 bits per heavy atom. The molecule has 0 aliphatic carbocycles. The molecule has 0 bridgehead atoms. The number of aromatic nitrogens is 1. The maximum atomic E-state index is 11.1. The Labute approximate surface area is 97.6 Å². The lowest BCUT2D eigenvalue weighted by atomic mass is 10.1. The minimum Gasteiger partial charge on any atom is -0.464 e. The van der Waals surface area contributed by atoms with Crippen LogP contribution in [0.25, 0.3) is 0 Å². The number of aliphatic hydroxyl groups is 2. The second kappa shape index (κ2) is 5.79. The van der Waals surface area contributed by atoms with Gasteiger partial charge in [0.25, 0.3) is 0 Å². The molecule has 6 heteroatoms. The van der Waals surface area contributed by atoms with Gasteiger partial charge in [-0.15, -0.1) is 0 Å². The molecule has 1 rings (SSSR count). The summed E-state index contributed by atoms with van der Waals surface area (Å²) in [7, 11) is 0. The molecule has 5 nitrogen and oxygen atoms in total. The van der Waals surface area contributed by atoms with Crippen molar-refractivity contribution in [2.75, 3.05) is 6.61 Å². The van der Waals surface area contributed by atoms with E-state index in [1.54, 1.807) is 6.92 Å². The monoisotopic (exact) mass is 245 g/mol. The summed E-state index contributed by atoms with van der Waals surface area (Å²) in [6.45, 7) is 1.75. The Morgan fingerprint density at radius 2 is 2.25 bits per heavy atom. The van der Waals surface area contributed by atoms with E-state index in [1.807, 2.05) is 0 Å². The summed E-state index contributed by atoms with van der Waals surface area (Å²) < 4.78 is 4.57. The fraction of sp³-hybridized carbons (Fsp3) is 0.400. The summed E-state index contributed by atoms with van der Waals surface area (Å²) in [5.74, 6) is -0.870. The second-order valence-corrected chi connectivity index (χ2v) is 3.44. The van der Waals surface area contributed by atoms with Crippen LogP contribution < -0.4 is 0 Å². The lowest BCUT2D eigenvalue weighted by Gasteiger charge is -2.16. The van der Waals surface area contributed by atoms with E-state index in [0.717, 1.165) is 0 Å². The van der Waals surface area contributed by atoms with Gasteiger partial charge in [0.05, 0.1) is 6.61 Å². The van der Waals surface area contributed by atoms with Crippen LogP contribution in [0.1, 0.15) is 18.6 Å². The molecule has 0 spiro atoms. The van der Waals surface area contributed by atoms with Gasteiger partial charge in [0.2, 0.25) is 0 Å². The van der Waals surface area contributed by atoms with Gasteiger partial charge in [-0.25, -0.2) is 9.78 Å². The van der Waals surface area contributed by atoms with Crippen molar-refractivity contribution in [1.29, 1.82) is 0 Å². The van der Waals surface area contributed by atoms with E-state index in [0.29, 0.717) is 5.56 Å². The topological polar surface area (TPSA) is 79.7 Å². The van der Waals surface area contributed by atoms with E-state index in [1.165, 1.54) is 18.3 Å². The summed E-state index contributed by atoms with van der Waals surface area (Å²) in [6, 6.07) is 2.93. The number of carbonyl (C=O) groups is 1. The molecule has 2 N–H and O–H groups in total. The van der Waals surface area contributed by atoms with Crippen LogP contribution >= 0.6 is 11.6 Å². The van der Waals surface area contributed by atoms with Crippen LogP contribution in [-0.2, 0) is 9.53 Å². The van der Waals surface area contributed by atoms with Crippen molar-refractivity contribution < 1.29 is 19.7 Å². The molecule has 0 amide bonds. The number of halogens is 1. The predicted molar refractivity (Wildman–Crippen MR) is 56.8 cm³/mol. The smallest absolute Gasteiger partial charge is 0.338 e. The highest BCUT2D eigenvalue weighted by atomic mass is 35.5. The highest BCUT2D eigenvalue weighted by molar-refractivity contribution is 6.29. The van der Waals surface area contributed by atoms with Crippen LogP contribution in [0.4, 0.5) is 0 Å². The molecule has 0 saturated carbocycles. The third-order valence-corrected chi connectivity index (χ3v) is 2.14. The molecule has 1 aromatic rings. The van der Waals surface area contributed by atoms with Crippen molar-refractivity contribution >= 4 is 17.6 Å². The number of nitrogens with zero attached hydrogens (tertiary/aromatic N) is 1. The molecular formula is C10H12ClNO4. The normalized spacial score (nSPS) is 14.2. The lowest BCUT2D eigenvalue weighted by Crippen LogP contribution is -2.29. The highest BCUT2D eigenvalue weighted by Crippen LogP contribution is 2.18. The molecule has 0 fully saturated rings. The Morgan fingerprint density at radius 1 is 1.56 bits per heavy atom. The van der Waals surface area contributed by atoms with Crippen molar-refractivity contribution in [1.82, 2.24) is 4.98 Å².